The molecule has 1 aliphatic carbocycles. The van der Waals surface area contributed by atoms with E-state index >= 15 is 0 Å². The second-order valence-electron chi connectivity index (χ2n) is 2.82. The second-order valence-corrected chi connectivity index (χ2v) is 3.50. The van der Waals surface area contributed by atoms with Crippen molar-refractivity contribution < 1.29 is 9.53 Å². The van der Waals surface area contributed by atoms with Gasteiger partial charge in [-0.1, -0.05) is 0 Å². The van der Waals surface area contributed by atoms with Crippen molar-refractivity contribution in [3.05, 3.63) is 23.6 Å². The standard InChI is InChI=1S/C8H7Cl2NO2/c9-4-8-11(10)6-2-1-5(12)3-7(6)13-8/h1-2,8H,3-4H2. The molecule has 0 saturated heterocycles. The summed E-state index contributed by atoms with van der Waals surface area (Å²) in [5, 5.41) is 0. The number of hydrogen-bond donors (Lipinski definition) is 0. The molecule has 0 spiro atoms. The van der Waals surface area contributed by atoms with Crippen LogP contribution in [0.1, 0.15) is 6.42 Å². The largest absolute Gasteiger partial charge is 0.470 e. The molecular formula is C8H7Cl2NO2. The summed E-state index contributed by atoms with van der Waals surface area (Å²) in [6.45, 7) is 0. The first-order valence-corrected chi connectivity index (χ1v) is 4.71. The first-order valence-electron chi connectivity index (χ1n) is 3.84. The molecule has 1 heterocycles. The van der Waals surface area contributed by atoms with Gasteiger partial charge in [0.2, 0.25) is 0 Å². The number of ketones is 1. The van der Waals surface area contributed by atoms with E-state index in [1.807, 2.05) is 0 Å². The van der Waals surface area contributed by atoms with Gasteiger partial charge in [-0.05, 0) is 12.2 Å². The highest BCUT2D eigenvalue weighted by atomic mass is 35.5. The van der Waals surface area contributed by atoms with Gasteiger partial charge < -0.3 is 4.74 Å². The Morgan fingerprint density at radius 1 is 1.62 bits per heavy atom. The molecule has 2 rings (SSSR count). The Morgan fingerprint density at radius 3 is 3.08 bits per heavy atom. The Kier molecular flexibility index (Phi) is 2.22. The Morgan fingerprint density at radius 2 is 2.38 bits per heavy atom. The van der Waals surface area contributed by atoms with E-state index in [-0.39, 0.29) is 24.3 Å². The summed E-state index contributed by atoms with van der Waals surface area (Å²) in [7, 11) is 0. The molecule has 0 amide bonds. The molecule has 2 aliphatic rings. The van der Waals surface area contributed by atoms with Crippen LogP contribution in [0, 0.1) is 0 Å². The maximum absolute atomic E-state index is 11.0. The fourth-order valence-electron chi connectivity index (χ4n) is 1.32. The Labute approximate surface area is 85.7 Å². The van der Waals surface area contributed by atoms with Gasteiger partial charge in [0.1, 0.15) is 5.76 Å². The highest BCUT2D eigenvalue weighted by Gasteiger charge is 2.33. The Balaban J connectivity index is 2.23. The first-order chi connectivity index (χ1) is 6.22. The van der Waals surface area contributed by atoms with E-state index in [0.717, 1.165) is 5.70 Å². The normalized spacial score (nSPS) is 26.5. The van der Waals surface area contributed by atoms with Gasteiger partial charge in [-0.2, -0.15) is 0 Å². The summed E-state index contributed by atoms with van der Waals surface area (Å²) < 4.78 is 6.79. The van der Waals surface area contributed by atoms with Crippen molar-refractivity contribution in [3.63, 3.8) is 0 Å². The van der Waals surface area contributed by atoms with E-state index < -0.39 is 0 Å². The number of rotatable bonds is 1. The van der Waals surface area contributed by atoms with Crippen LogP contribution in [0.3, 0.4) is 0 Å². The zero-order valence-electron chi connectivity index (χ0n) is 6.67. The zero-order valence-corrected chi connectivity index (χ0v) is 8.18. The van der Waals surface area contributed by atoms with Crippen LogP contribution in [0.15, 0.2) is 23.6 Å². The summed E-state index contributed by atoms with van der Waals surface area (Å²) >= 11 is 11.5. The summed E-state index contributed by atoms with van der Waals surface area (Å²) in [6.07, 6.45) is 3.07. The van der Waals surface area contributed by atoms with Crippen LogP contribution < -0.4 is 0 Å². The predicted molar refractivity (Wildman–Crippen MR) is 49.1 cm³/mol. The lowest BCUT2D eigenvalue weighted by Crippen LogP contribution is -2.23. The van der Waals surface area contributed by atoms with E-state index in [4.69, 9.17) is 28.1 Å². The van der Waals surface area contributed by atoms with Crippen molar-refractivity contribution >= 4 is 29.2 Å². The third-order valence-corrected chi connectivity index (χ3v) is 2.60. The van der Waals surface area contributed by atoms with Crippen LogP contribution in [0.25, 0.3) is 0 Å². The van der Waals surface area contributed by atoms with Crippen molar-refractivity contribution in [1.29, 1.82) is 0 Å². The minimum absolute atomic E-state index is 0.0269. The number of allylic oxidation sites excluding steroid dienone is 3. The third-order valence-electron chi connectivity index (χ3n) is 1.94. The monoisotopic (exact) mass is 219 g/mol. The van der Waals surface area contributed by atoms with Crippen molar-refractivity contribution in [1.82, 2.24) is 4.42 Å². The number of nitrogens with zero attached hydrogens (tertiary/aromatic N) is 1. The van der Waals surface area contributed by atoms with Crippen LogP contribution in [-0.4, -0.2) is 22.3 Å². The molecule has 3 nitrogen and oxygen atoms in total. The maximum atomic E-state index is 11.0. The van der Waals surface area contributed by atoms with E-state index in [2.05, 4.69) is 0 Å². The van der Waals surface area contributed by atoms with Gasteiger partial charge in [-0.25, -0.2) is 4.42 Å². The molecule has 0 bridgehead atoms. The predicted octanol–water partition coefficient (Wildman–Crippen LogP) is 1.78. The Bertz CT molecular complexity index is 311. The van der Waals surface area contributed by atoms with Gasteiger partial charge in [-0.15, -0.1) is 11.6 Å². The fourth-order valence-corrected chi connectivity index (χ4v) is 1.85. The van der Waals surface area contributed by atoms with Crippen molar-refractivity contribution in [3.8, 4) is 0 Å². The van der Waals surface area contributed by atoms with E-state index in [0.29, 0.717) is 5.76 Å². The molecule has 70 valence electrons. The molecular weight excluding hydrogens is 213 g/mol. The smallest absolute Gasteiger partial charge is 0.199 e. The molecule has 0 saturated carbocycles. The summed E-state index contributed by atoms with van der Waals surface area (Å²) in [6, 6.07) is 0. The highest BCUT2D eigenvalue weighted by Crippen LogP contribution is 2.33. The maximum Gasteiger partial charge on any atom is 0.199 e. The molecule has 0 N–H and O–H groups in total. The topological polar surface area (TPSA) is 29.5 Å². The molecule has 1 unspecified atom stereocenters. The summed E-state index contributed by atoms with van der Waals surface area (Å²) in [5.41, 5.74) is 0.743. The molecule has 13 heavy (non-hydrogen) atoms. The average molecular weight is 220 g/mol. The van der Waals surface area contributed by atoms with Crippen LogP contribution in [-0.2, 0) is 9.53 Å². The molecule has 1 aliphatic heterocycles. The molecule has 0 radical (unpaired) electrons. The number of alkyl halides is 1. The number of carbonyl (C=O) groups excluding carboxylic acids is 1. The number of ether oxygens (including phenoxy) is 1. The SMILES string of the molecule is O=C1C=CC2=C(C1)OC(CCl)N2Cl. The molecule has 1 atom stereocenters. The lowest BCUT2D eigenvalue weighted by molar-refractivity contribution is -0.114. The molecule has 0 aromatic heterocycles. The summed E-state index contributed by atoms with van der Waals surface area (Å²) in [4.78, 5) is 11.0. The molecule has 0 aromatic rings. The van der Waals surface area contributed by atoms with Crippen LogP contribution >= 0.6 is 23.4 Å². The van der Waals surface area contributed by atoms with Crippen molar-refractivity contribution in [2.24, 2.45) is 0 Å². The van der Waals surface area contributed by atoms with Crippen LogP contribution in [0.4, 0.5) is 0 Å². The van der Waals surface area contributed by atoms with E-state index in [1.165, 1.54) is 10.5 Å². The van der Waals surface area contributed by atoms with Crippen molar-refractivity contribution in [2.75, 3.05) is 5.88 Å². The average Bonchev–Trinajstić information content (AvgIpc) is 2.42. The minimum atomic E-state index is -0.358. The first kappa shape index (κ1) is 8.91. The van der Waals surface area contributed by atoms with Gasteiger partial charge in [0.05, 0.1) is 18.0 Å². The van der Waals surface area contributed by atoms with Gasteiger partial charge in [0.25, 0.3) is 0 Å². The van der Waals surface area contributed by atoms with Gasteiger partial charge in [0, 0.05) is 11.8 Å². The quantitative estimate of drug-likeness (QED) is 0.498. The van der Waals surface area contributed by atoms with Gasteiger partial charge in [-0.3, -0.25) is 4.79 Å². The number of carbonyl (C=O) groups is 1. The fraction of sp³-hybridized carbons (Fsp3) is 0.375. The highest BCUT2D eigenvalue weighted by molar-refractivity contribution is 6.20. The van der Waals surface area contributed by atoms with E-state index in [9.17, 15) is 4.79 Å². The molecule has 5 heteroatoms. The van der Waals surface area contributed by atoms with Crippen LogP contribution in [0.2, 0.25) is 0 Å². The van der Waals surface area contributed by atoms with Gasteiger partial charge in [0.15, 0.2) is 12.0 Å². The van der Waals surface area contributed by atoms with Crippen LogP contribution in [0.5, 0.6) is 0 Å². The summed E-state index contributed by atoms with van der Waals surface area (Å²) in [5.74, 6) is 0.922. The van der Waals surface area contributed by atoms with Crippen molar-refractivity contribution in [2.45, 2.75) is 12.6 Å². The lowest BCUT2D eigenvalue weighted by Gasteiger charge is -2.15. The molecule has 0 fully saturated rings. The van der Waals surface area contributed by atoms with E-state index in [1.54, 1.807) is 6.08 Å². The molecule has 0 aromatic carbocycles. The lowest BCUT2D eigenvalue weighted by atomic mass is 10.1. The minimum Gasteiger partial charge on any atom is -0.470 e. The van der Waals surface area contributed by atoms with Gasteiger partial charge >= 0.3 is 0 Å². The number of halogens is 2. The zero-order chi connectivity index (χ0) is 9.42. The second kappa shape index (κ2) is 3.24. The number of hydrogen-bond acceptors (Lipinski definition) is 3. The third kappa shape index (κ3) is 1.42. The Hall–Kier alpha value is -0.670.